The molecule has 0 saturated heterocycles. The topological polar surface area (TPSA) is 111 Å². The number of benzene rings is 3. The molecular formula is C27H27N3O5. The van der Waals surface area contributed by atoms with Gasteiger partial charge in [0.1, 0.15) is 11.4 Å². The van der Waals surface area contributed by atoms with E-state index in [-0.39, 0.29) is 16.8 Å². The molecule has 3 aromatic rings. The highest BCUT2D eigenvalue weighted by molar-refractivity contribution is 6.10. The Kier molecular flexibility index (Phi) is 7.66. The number of amides is 2. The predicted molar refractivity (Wildman–Crippen MR) is 135 cm³/mol. The van der Waals surface area contributed by atoms with E-state index >= 15 is 0 Å². The number of methoxy groups -OCH3 is 1. The molecule has 0 saturated carbocycles. The number of hydrogen-bond acceptors (Lipinski definition) is 5. The zero-order valence-electron chi connectivity index (χ0n) is 20.0. The van der Waals surface area contributed by atoms with Gasteiger partial charge in [0.15, 0.2) is 0 Å². The lowest BCUT2D eigenvalue weighted by Crippen LogP contribution is -2.30. The van der Waals surface area contributed by atoms with Gasteiger partial charge in [-0.25, -0.2) is 0 Å². The van der Waals surface area contributed by atoms with E-state index in [1.807, 2.05) is 12.1 Å². The Morgan fingerprint density at radius 3 is 2.03 bits per heavy atom. The summed E-state index contributed by atoms with van der Waals surface area (Å²) in [5.41, 5.74) is 2.37. The molecule has 180 valence electrons. The van der Waals surface area contributed by atoms with Crippen molar-refractivity contribution < 1.29 is 19.2 Å². The average Bonchev–Trinajstić information content (AvgIpc) is 2.84. The molecule has 0 aromatic heterocycles. The molecule has 0 aliphatic rings. The number of ether oxygens (including phenoxy) is 1. The van der Waals surface area contributed by atoms with Gasteiger partial charge in [-0.3, -0.25) is 19.7 Å². The second kappa shape index (κ2) is 10.6. The van der Waals surface area contributed by atoms with Crippen LogP contribution in [0.1, 0.15) is 42.3 Å². The highest BCUT2D eigenvalue weighted by Crippen LogP contribution is 2.22. The van der Waals surface area contributed by atoms with E-state index < -0.39 is 16.7 Å². The van der Waals surface area contributed by atoms with Gasteiger partial charge in [0.05, 0.1) is 12.0 Å². The summed E-state index contributed by atoms with van der Waals surface area (Å²) in [6.45, 7) is 6.25. The van der Waals surface area contributed by atoms with Crippen molar-refractivity contribution >= 4 is 29.3 Å². The fourth-order valence-electron chi connectivity index (χ4n) is 3.21. The maximum Gasteiger partial charge on any atom is 0.272 e. The number of nitrogens with zero attached hydrogens (tertiary/aromatic N) is 1. The first-order valence-corrected chi connectivity index (χ1v) is 10.9. The third-order valence-corrected chi connectivity index (χ3v) is 5.27. The van der Waals surface area contributed by atoms with Gasteiger partial charge in [0.2, 0.25) is 0 Å². The van der Waals surface area contributed by atoms with Crippen LogP contribution in [0.3, 0.4) is 0 Å². The van der Waals surface area contributed by atoms with Crippen LogP contribution in [0, 0.1) is 10.1 Å². The van der Waals surface area contributed by atoms with E-state index in [4.69, 9.17) is 4.74 Å². The predicted octanol–water partition coefficient (Wildman–Crippen LogP) is 5.31. The summed E-state index contributed by atoms with van der Waals surface area (Å²) in [6.07, 6.45) is 1.54. The largest absolute Gasteiger partial charge is 0.497 e. The lowest BCUT2D eigenvalue weighted by molar-refractivity contribution is -0.384. The summed E-state index contributed by atoms with van der Waals surface area (Å²) in [6, 6.07) is 19.6. The van der Waals surface area contributed by atoms with Crippen molar-refractivity contribution in [2.75, 3.05) is 12.4 Å². The molecular weight excluding hydrogens is 446 g/mol. The Balaban J connectivity index is 1.86. The second-order valence-corrected chi connectivity index (χ2v) is 8.87. The van der Waals surface area contributed by atoms with Crippen molar-refractivity contribution in [2.24, 2.45) is 0 Å². The minimum absolute atomic E-state index is 0.0124. The van der Waals surface area contributed by atoms with Crippen LogP contribution in [0.5, 0.6) is 5.75 Å². The molecule has 0 aliphatic carbocycles. The Bertz CT molecular complexity index is 1240. The Morgan fingerprint density at radius 1 is 0.914 bits per heavy atom. The number of rotatable bonds is 7. The van der Waals surface area contributed by atoms with Crippen molar-refractivity contribution in [1.29, 1.82) is 0 Å². The standard InChI is InChI=1S/C27H27N3O5/c1-27(2,3)20-9-7-19(8-10-20)25(31)29-24(17-18-5-15-23(35-4)16-6-18)26(32)28-21-11-13-22(14-12-21)30(33)34/h5-17H,1-4H3,(H,28,32)(H,29,31). The smallest absolute Gasteiger partial charge is 0.272 e. The highest BCUT2D eigenvalue weighted by Gasteiger charge is 2.18. The summed E-state index contributed by atoms with van der Waals surface area (Å²) in [7, 11) is 1.55. The lowest BCUT2D eigenvalue weighted by atomic mass is 9.87. The monoisotopic (exact) mass is 473 g/mol. The summed E-state index contributed by atoms with van der Waals surface area (Å²) >= 11 is 0. The summed E-state index contributed by atoms with van der Waals surface area (Å²) in [5, 5.41) is 16.2. The fourth-order valence-corrected chi connectivity index (χ4v) is 3.21. The molecule has 0 radical (unpaired) electrons. The minimum atomic E-state index is -0.575. The summed E-state index contributed by atoms with van der Waals surface area (Å²) in [5.74, 6) is -0.361. The number of nitro benzene ring substituents is 1. The Morgan fingerprint density at radius 2 is 1.51 bits per heavy atom. The quantitative estimate of drug-likeness (QED) is 0.274. The third-order valence-electron chi connectivity index (χ3n) is 5.27. The van der Waals surface area contributed by atoms with Crippen molar-refractivity contribution in [2.45, 2.75) is 26.2 Å². The van der Waals surface area contributed by atoms with E-state index in [2.05, 4.69) is 31.4 Å². The van der Waals surface area contributed by atoms with Crippen molar-refractivity contribution in [1.82, 2.24) is 5.32 Å². The van der Waals surface area contributed by atoms with E-state index in [1.165, 1.54) is 24.3 Å². The van der Waals surface area contributed by atoms with E-state index in [0.29, 0.717) is 22.6 Å². The third kappa shape index (κ3) is 6.77. The number of anilines is 1. The van der Waals surface area contributed by atoms with Crippen LogP contribution in [0.2, 0.25) is 0 Å². The number of hydrogen-bond donors (Lipinski definition) is 2. The molecule has 0 aliphatic heterocycles. The lowest BCUT2D eigenvalue weighted by Gasteiger charge is -2.19. The first kappa shape index (κ1) is 25.2. The number of non-ortho nitro benzene ring substituents is 1. The molecule has 3 aromatic carbocycles. The van der Waals surface area contributed by atoms with E-state index in [9.17, 15) is 19.7 Å². The first-order chi connectivity index (χ1) is 16.6. The van der Waals surface area contributed by atoms with Crippen LogP contribution < -0.4 is 15.4 Å². The molecule has 2 N–H and O–H groups in total. The SMILES string of the molecule is COc1ccc(C=C(NC(=O)c2ccc(C(C)(C)C)cc2)C(=O)Nc2ccc([N+](=O)[O-])cc2)cc1. The minimum Gasteiger partial charge on any atom is -0.497 e. The molecule has 3 rings (SSSR count). The van der Waals surface area contributed by atoms with Crippen molar-refractivity contribution in [3.8, 4) is 5.75 Å². The Hall–Kier alpha value is -4.46. The van der Waals surface area contributed by atoms with Gasteiger partial charge < -0.3 is 15.4 Å². The fraction of sp³-hybridized carbons (Fsp3) is 0.185. The zero-order chi connectivity index (χ0) is 25.6. The van der Waals surface area contributed by atoms with Crippen molar-refractivity contribution in [3.05, 3.63) is 105 Å². The van der Waals surface area contributed by atoms with E-state index in [1.54, 1.807) is 49.6 Å². The molecule has 8 heteroatoms. The normalized spacial score (nSPS) is 11.5. The van der Waals surface area contributed by atoms with Crippen LogP contribution in [0.4, 0.5) is 11.4 Å². The maximum absolute atomic E-state index is 13.1. The van der Waals surface area contributed by atoms with Gasteiger partial charge in [0, 0.05) is 23.4 Å². The molecule has 0 spiro atoms. The molecule has 0 heterocycles. The average molecular weight is 474 g/mol. The van der Waals surface area contributed by atoms with Gasteiger partial charge in [-0.15, -0.1) is 0 Å². The zero-order valence-corrected chi connectivity index (χ0v) is 20.0. The molecule has 2 amide bonds. The van der Waals surface area contributed by atoms with Gasteiger partial charge >= 0.3 is 0 Å². The number of nitrogens with one attached hydrogen (secondary N) is 2. The highest BCUT2D eigenvalue weighted by atomic mass is 16.6. The van der Waals surface area contributed by atoms with Crippen molar-refractivity contribution in [3.63, 3.8) is 0 Å². The number of carbonyl (C=O) groups is 2. The van der Waals surface area contributed by atoms with Gasteiger partial charge in [-0.2, -0.15) is 0 Å². The van der Waals surface area contributed by atoms with Crippen LogP contribution >= 0.6 is 0 Å². The first-order valence-electron chi connectivity index (χ1n) is 10.9. The van der Waals surface area contributed by atoms with Crippen LogP contribution in [0.25, 0.3) is 6.08 Å². The maximum atomic E-state index is 13.1. The molecule has 0 bridgehead atoms. The van der Waals surface area contributed by atoms with Gasteiger partial charge in [0.25, 0.3) is 17.5 Å². The van der Waals surface area contributed by atoms with Gasteiger partial charge in [-0.05, 0) is 59.0 Å². The second-order valence-electron chi connectivity index (χ2n) is 8.87. The number of nitro groups is 1. The van der Waals surface area contributed by atoms with Crippen LogP contribution in [0.15, 0.2) is 78.5 Å². The number of carbonyl (C=O) groups excluding carboxylic acids is 2. The molecule has 0 fully saturated rings. The van der Waals surface area contributed by atoms with Crippen LogP contribution in [-0.2, 0) is 10.2 Å². The molecule has 8 nitrogen and oxygen atoms in total. The summed E-state index contributed by atoms with van der Waals surface area (Å²) in [4.78, 5) is 36.4. The van der Waals surface area contributed by atoms with Crippen LogP contribution in [-0.4, -0.2) is 23.8 Å². The summed E-state index contributed by atoms with van der Waals surface area (Å²) < 4.78 is 5.17. The van der Waals surface area contributed by atoms with E-state index in [0.717, 1.165) is 5.56 Å². The molecule has 0 atom stereocenters. The molecule has 0 unspecified atom stereocenters. The molecule has 35 heavy (non-hydrogen) atoms. The Labute approximate surface area is 203 Å². The van der Waals surface area contributed by atoms with Gasteiger partial charge in [-0.1, -0.05) is 45.0 Å².